The SMILES string of the molecule is Nc1cccc(N=NCCc2cccc(C(=O)O)c2)c1. The quantitative estimate of drug-likeness (QED) is 0.644. The number of aromatic carboxylic acids is 1. The number of carboxylic acids is 1. The van der Waals surface area contributed by atoms with Gasteiger partial charge in [0.15, 0.2) is 0 Å². The summed E-state index contributed by atoms with van der Waals surface area (Å²) in [5, 5.41) is 17.0. The summed E-state index contributed by atoms with van der Waals surface area (Å²) in [6.07, 6.45) is 0.646. The number of hydrogen-bond acceptors (Lipinski definition) is 4. The highest BCUT2D eigenvalue weighted by Crippen LogP contribution is 2.15. The summed E-state index contributed by atoms with van der Waals surface area (Å²) < 4.78 is 0. The summed E-state index contributed by atoms with van der Waals surface area (Å²) in [4.78, 5) is 10.8. The van der Waals surface area contributed by atoms with Crippen LogP contribution in [0.15, 0.2) is 58.8 Å². The first-order valence-corrected chi connectivity index (χ1v) is 6.20. The van der Waals surface area contributed by atoms with Crippen molar-refractivity contribution < 1.29 is 9.90 Å². The minimum absolute atomic E-state index is 0.287. The smallest absolute Gasteiger partial charge is 0.335 e. The summed E-state index contributed by atoms with van der Waals surface area (Å²) in [5.74, 6) is -0.923. The number of hydrogen-bond donors (Lipinski definition) is 2. The van der Waals surface area contributed by atoms with E-state index in [9.17, 15) is 4.79 Å². The highest BCUT2D eigenvalue weighted by atomic mass is 16.4. The molecule has 102 valence electrons. The Hall–Kier alpha value is -2.69. The van der Waals surface area contributed by atoms with E-state index in [4.69, 9.17) is 10.8 Å². The van der Waals surface area contributed by atoms with Crippen LogP contribution in [0.5, 0.6) is 0 Å². The van der Waals surface area contributed by atoms with Gasteiger partial charge in [0.2, 0.25) is 0 Å². The summed E-state index contributed by atoms with van der Waals surface area (Å²) in [7, 11) is 0. The standard InChI is InChI=1S/C15H15N3O2/c16-13-5-2-6-14(10-13)18-17-8-7-11-3-1-4-12(9-11)15(19)20/h1-6,9-10H,7-8,16H2,(H,19,20). The number of carbonyl (C=O) groups is 1. The van der Waals surface area contributed by atoms with Gasteiger partial charge in [-0.3, -0.25) is 0 Å². The number of carboxylic acid groups (broad SMARTS) is 1. The van der Waals surface area contributed by atoms with Gasteiger partial charge >= 0.3 is 5.97 Å². The molecule has 2 aromatic rings. The molecule has 0 atom stereocenters. The van der Waals surface area contributed by atoms with Crippen molar-refractivity contribution >= 4 is 17.3 Å². The van der Waals surface area contributed by atoms with E-state index in [1.165, 1.54) is 0 Å². The van der Waals surface area contributed by atoms with Crippen LogP contribution >= 0.6 is 0 Å². The minimum Gasteiger partial charge on any atom is -0.478 e. The van der Waals surface area contributed by atoms with E-state index in [0.717, 1.165) is 5.56 Å². The Morgan fingerprint density at radius 2 is 1.95 bits per heavy atom. The van der Waals surface area contributed by atoms with E-state index in [-0.39, 0.29) is 5.56 Å². The number of benzene rings is 2. The van der Waals surface area contributed by atoms with Gasteiger partial charge in [-0.1, -0.05) is 18.2 Å². The van der Waals surface area contributed by atoms with Crippen molar-refractivity contribution in [1.29, 1.82) is 0 Å². The Morgan fingerprint density at radius 3 is 2.70 bits per heavy atom. The minimum atomic E-state index is -0.923. The van der Waals surface area contributed by atoms with Crippen LogP contribution in [0.3, 0.4) is 0 Å². The van der Waals surface area contributed by atoms with Crippen molar-refractivity contribution in [3.63, 3.8) is 0 Å². The van der Waals surface area contributed by atoms with Crippen molar-refractivity contribution in [2.45, 2.75) is 6.42 Å². The van der Waals surface area contributed by atoms with Crippen molar-refractivity contribution in [2.75, 3.05) is 12.3 Å². The Labute approximate surface area is 116 Å². The molecule has 0 saturated heterocycles. The first-order chi connectivity index (χ1) is 9.65. The van der Waals surface area contributed by atoms with Gasteiger partial charge in [-0.15, -0.1) is 0 Å². The zero-order chi connectivity index (χ0) is 14.4. The Bertz CT molecular complexity index is 639. The van der Waals surface area contributed by atoms with E-state index in [2.05, 4.69) is 10.2 Å². The average Bonchev–Trinajstić information content (AvgIpc) is 2.44. The highest BCUT2D eigenvalue weighted by Gasteiger charge is 2.02. The number of azo groups is 1. The third kappa shape index (κ3) is 3.91. The summed E-state index contributed by atoms with van der Waals surface area (Å²) in [6, 6.07) is 14.0. The van der Waals surface area contributed by atoms with Crippen LogP contribution in [-0.4, -0.2) is 17.6 Å². The molecule has 0 amide bonds. The van der Waals surface area contributed by atoms with Crippen LogP contribution in [0.1, 0.15) is 15.9 Å². The summed E-state index contributed by atoms with van der Waals surface area (Å²) >= 11 is 0. The van der Waals surface area contributed by atoms with Gasteiger partial charge in [-0.2, -0.15) is 10.2 Å². The van der Waals surface area contributed by atoms with Crippen molar-refractivity contribution in [1.82, 2.24) is 0 Å². The number of nitrogens with zero attached hydrogens (tertiary/aromatic N) is 2. The Balaban J connectivity index is 1.93. The molecule has 20 heavy (non-hydrogen) atoms. The molecule has 0 bridgehead atoms. The molecular weight excluding hydrogens is 254 g/mol. The molecule has 0 unspecified atom stereocenters. The van der Waals surface area contributed by atoms with Crippen molar-refractivity contribution in [2.24, 2.45) is 10.2 Å². The van der Waals surface area contributed by atoms with Crippen LogP contribution in [0.4, 0.5) is 11.4 Å². The van der Waals surface area contributed by atoms with E-state index < -0.39 is 5.97 Å². The molecule has 2 rings (SSSR count). The third-order valence-electron chi connectivity index (χ3n) is 2.73. The Kier molecular flexibility index (Phi) is 4.44. The maximum Gasteiger partial charge on any atom is 0.335 e. The molecule has 0 aliphatic carbocycles. The van der Waals surface area contributed by atoms with Gasteiger partial charge in [-0.05, 0) is 42.3 Å². The first-order valence-electron chi connectivity index (χ1n) is 6.20. The largest absolute Gasteiger partial charge is 0.478 e. The average molecular weight is 269 g/mol. The lowest BCUT2D eigenvalue weighted by Gasteiger charge is -2.00. The lowest BCUT2D eigenvalue weighted by atomic mass is 10.1. The molecule has 0 aromatic heterocycles. The van der Waals surface area contributed by atoms with Gasteiger partial charge in [0.05, 0.1) is 17.8 Å². The first kappa shape index (κ1) is 13.7. The second-order valence-corrected chi connectivity index (χ2v) is 4.32. The molecule has 3 N–H and O–H groups in total. The van der Waals surface area contributed by atoms with Crippen LogP contribution in [0, 0.1) is 0 Å². The highest BCUT2D eigenvalue weighted by molar-refractivity contribution is 5.87. The molecule has 0 saturated carbocycles. The number of anilines is 1. The van der Waals surface area contributed by atoms with E-state index in [1.54, 1.807) is 30.3 Å². The molecule has 5 nitrogen and oxygen atoms in total. The maximum atomic E-state index is 10.8. The van der Waals surface area contributed by atoms with Gasteiger partial charge < -0.3 is 10.8 Å². The van der Waals surface area contributed by atoms with Crippen LogP contribution in [-0.2, 0) is 6.42 Å². The second kappa shape index (κ2) is 6.47. The number of nitrogens with two attached hydrogens (primary N) is 1. The third-order valence-corrected chi connectivity index (χ3v) is 2.73. The van der Waals surface area contributed by atoms with Gasteiger partial charge in [-0.25, -0.2) is 4.79 Å². The van der Waals surface area contributed by atoms with Crippen LogP contribution in [0.25, 0.3) is 0 Å². The lowest BCUT2D eigenvalue weighted by molar-refractivity contribution is 0.0697. The normalized spacial score (nSPS) is 10.8. The fourth-order valence-electron chi connectivity index (χ4n) is 1.76. The number of nitrogen functional groups attached to an aromatic ring is 1. The molecule has 0 fully saturated rings. The van der Waals surface area contributed by atoms with Crippen molar-refractivity contribution in [3.05, 3.63) is 59.7 Å². The van der Waals surface area contributed by atoms with Gasteiger partial charge in [0.25, 0.3) is 0 Å². The predicted octanol–water partition coefficient (Wildman–Crippen LogP) is 3.29. The van der Waals surface area contributed by atoms with Crippen molar-refractivity contribution in [3.8, 4) is 0 Å². The monoisotopic (exact) mass is 269 g/mol. The van der Waals surface area contributed by atoms with E-state index >= 15 is 0 Å². The molecule has 0 aliphatic rings. The predicted molar refractivity (Wildman–Crippen MR) is 77.3 cm³/mol. The van der Waals surface area contributed by atoms with Gasteiger partial charge in [0, 0.05) is 5.69 Å². The molecule has 2 aromatic carbocycles. The number of rotatable bonds is 5. The van der Waals surface area contributed by atoms with E-state index in [1.807, 2.05) is 18.2 Å². The Morgan fingerprint density at radius 1 is 1.15 bits per heavy atom. The molecule has 0 radical (unpaired) electrons. The lowest BCUT2D eigenvalue weighted by Crippen LogP contribution is -1.98. The van der Waals surface area contributed by atoms with Gasteiger partial charge in [0.1, 0.15) is 0 Å². The second-order valence-electron chi connectivity index (χ2n) is 4.32. The fraction of sp³-hybridized carbons (Fsp3) is 0.133. The zero-order valence-corrected chi connectivity index (χ0v) is 10.9. The summed E-state index contributed by atoms with van der Waals surface area (Å²) in [6.45, 7) is 0.498. The van der Waals surface area contributed by atoms with E-state index in [0.29, 0.717) is 24.3 Å². The molecule has 0 aliphatic heterocycles. The molecule has 0 spiro atoms. The molecular formula is C15H15N3O2. The summed E-state index contributed by atoms with van der Waals surface area (Å²) in [5.41, 5.74) is 8.22. The maximum absolute atomic E-state index is 10.8. The topological polar surface area (TPSA) is 88.0 Å². The zero-order valence-electron chi connectivity index (χ0n) is 10.9. The molecule has 5 heteroatoms. The molecule has 0 heterocycles. The fourth-order valence-corrected chi connectivity index (χ4v) is 1.76. The van der Waals surface area contributed by atoms with Crippen LogP contribution in [0.2, 0.25) is 0 Å². The van der Waals surface area contributed by atoms with Crippen LogP contribution < -0.4 is 5.73 Å².